The van der Waals surface area contributed by atoms with Crippen molar-refractivity contribution in [3.63, 3.8) is 0 Å². The van der Waals surface area contributed by atoms with E-state index in [-0.39, 0.29) is 53.8 Å². The number of alkyl halides is 3. The quantitative estimate of drug-likeness (QED) is 0.193. The van der Waals surface area contributed by atoms with Crippen LogP contribution in [0.25, 0.3) is 22.4 Å². The van der Waals surface area contributed by atoms with Gasteiger partial charge < -0.3 is 19.7 Å². The average Bonchev–Trinajstić information content (AvgIpc) is 3.29. The number of carbonyl (C=O) groups is 2. The van der Waals surface area contributed by atoms with E-state index in [1.54, 1.807) is 48.5 Å². The molecular weight excluding hydrogens is 540 g/mol. The normalized spacial score (nSPS) is 17.2. The molecule has 0 bridgehead atoms. The average molecular weight is 567 g/mol. The Kier molecular flexibility index (Phi) is 7.94. The fourth-order valence-electron chi connectivity index (χ4n) is 5.18. The van der Waals surface area contributed by atoms with Gasteiger partial charge in [0.25, 0.3) is 5.91 Å². The van der Waals surface area contributed by atoms with Gasteiger partial charge in [-0.25, -0.2) is 4.39 Å². The van der Waals surface area contributed by atoms with Crippen LogP contribution in [0.1, 0.15) is 35.3 Å². The van der Waals surface area contributed by atoms with Crippen LogP contribution < -0.4 is 5.32 Å². The standard InChI is InChI=1S/C31H26F4N2O4/c32-21-13-11-20(12-14-21)28-27(30(40)36-22-9-5-2-6-10-22)26(19-7-3-1-4-8-19)29(31(33,34)35)37(28)16-15-24-17-23(38)18-25(39)41-24/h1-14,23-24,38H,15-18H2,(H,36,40). The molecular formula is C31H26F4N2O4. The number of carbonyl (C=O) groups excluding carboxylic acids is 2. The summed E-state index contributed by atoms with van der Waals surface area (Å²) in [4.78, 5) is 25.8. The molecule has 2 unspecified atom stereocenters. The van der Waals surface area contributed by atoms with Gasteiger partial charge in [-0.3, -0.25) is 9.59 Å². The molecule has 1 aromatic heterocycles. The Morgan fingerprint density at radius 3 is 2.20 bits per heavy atom. The number of hydrogen-bond donors (Lipinski definition) is 2. The summed E-state index contributed by atoms with van der Waals surface area (Å²) in [6, 6.07) is 21.0. The summed E-state index contributed by atoms with van der Waals surface area (Å²) in [5.41, 5.74) is -0.953. The predicted molar refractivity (Wildman–Crippen MR) is 144 cm³/mol. The molecule has 1 fully saturated rings. The molecule has 2 N–H and O–H groups in total. The van der Waals surface area contributed by atoms with Gasteiger partial charge in [-0.05, 0) is 47.5 Å². The van der Waals surface area contributed by atoms with Crippen molar-refractivity contribution in [1.82, 2.24) is 4.57 Å². The number of ether oxygens (including phenoxy) is 1. The molecule has 212 valence electrons. The van der Waals surface area contributed by atoms with E-state index in [2.05, 4.69) is 5.32 Å². The number of nitrogens with zero attached hydrogens (tertiary/aromatic N) is 1. The zero-order chi connectivity index (χ0) is 29.1. The van der Waals surface area contributed by atoms with E-state index in [0.717, 1.165) is 16.7 Å². The van der Waals surface area contributed by atoms with Crippen LogP contribution in [-0.4, -0.2) is 33.8 Å². The fraction of sp³-hybridized carbons (Fsp3) is 0.226. The van der Waals surface area contributed by atoms with Crippen molar-refractivity contribution in [2.24, 2.45) is 0 Å². The zero-order valence-electron chi connectivity index (χ0n) is 21.7. The third-order valence-electron chi connectivity index (χ3n) is 6.88. The second kappa shape index (κ2) is 11.6. The number of aromatic nitrogens is 1. The third kappa shape index (κ3) is 6.17. The molecule has 0 aliphatic carbocycles. The lowest BCUT2D eigenvalue weighted by atomic mass is 9.97. The number of halogens is 4. The number of aliphatic hydroxyl groups is 1. The fourth-order valence-corrected chi connectivity index (χ4v) is 5.18. The smallest absolute Gasteiger partial charge is 0.432 e. The van der Waals surface area contributed by atoms with Crippen LogP contribution in [0, 0.1) is 5.82 Å². The van der Waals surface area contributed by atoms with Crippen LogP contribution in [0.3, 0.4) is 0 Å². The highest BCUT2D eigenvalue weighted by Gasteiger charge is 2.43. The van der Waals surface area contributed by atoms with Crippen LogP contribution in [0.15, 0.2) is 84.9 Å². The van der Waals surface area contributed by atoms with Crippen LogP contribution in [0.2, 0.25) is 0 Å². The highest BCUT2D eigenvalue weighted by molar-refractivity contribution is 6.13. The number of rotatable bonds is 7. The molecule has 41 heavy (non-hydrogen) atoms. The molecule has 1 amide bonds. The van der Waals surface area contributed by atoms with Gasteiger partial charge in [0.05, 0.1) is 23.8 Å². The summed E-state index contributed by atoms with van der Waals surface area (Å²) in [6.45, 7) is -0.301. The van der Waals surface area contributed by atoms with Crippen LogP contribution in [0.4, 0.5) is 23.2 Å². The van der Waals surface area contributed by atoms with Crippen molar-refractivity contribution < 1.29 is 37.0 Å². The first-order valence-electron chi connectivity index (χ1n) is 13.0. The van der Waals surface area contributed by atoms with Crippen molar-refractivity contribution in [1.29, 1.82) is 0 Å². The maximum Gasteiger partial charge on any atom is 0.432 e. The molecule has 2 atom stereocenters. The lowest BCUT2D eigenvalue weighted by Crippen LogP contribution is -2.33. The number of benzene rings is 3. The molecule has 2 heterocycles. The van der Waals surface area contributed by atoms with E-state index >= 15 is 13.2 Å². The highest BCUT2D eigenvalue weighted by Crippen LogP contribution is 2.46. The first-order chi connectivity index (χ1) is 19.6. The molecule has 5 rings (SSSR count). The Labute approximate surface area is 233 Å². The second-order valence-corrected chi connectivity index (χ2v) is 9.78. The lowest BCUT2D eigenvalue weighted by Gasteiger charge is -2.27. The second-order valence-electron chi connectivity index (χ2n) is 9.78. The van der Waals surface area contributed by atoms with Gasteiger partial charge in [0.2, 0.25) is 0 Å². The molecule has 0 spiro atoms. The Balaban J connectivity index is 1.75. The van der Waals surface area contributed by atoms with Gasteiger partial charge in [0.15, 0.2) is 0 Å². The largest absolute Gasteiger partial charge is 0.462 e. The van der Waals surface area contributed by atoms with E-state index in [0.29, 0.717) is 5.69 Å². The van der Waals surface area contributed by atoms with E-state index in [9.17, 15) is 19.1 Å². The number of para-hydroxylation sites is 1. The van der Waals surface area contributed by atoms with Gasteiger partial charge >= 0.3 is 12.1 Å². The molecule has 10 heteroatoms. The lowest BCUT2D eigenvalue weighted by molar-refractivity contribution is -0.161. The third-order valence-corrected chi connectivity index (χ3v) is 6.88. The summed E-state index contributed by atoms with van der Waals surface area (Å²) in [5, 5.41) is 12.7. The number of hydrogen-bond acceptors (Lipinski definition) is 4. The number of anilines is 1. The van der Waals surface area contributed by atoms with E-state index in [1.165, 1.54) is 24.3 Å². The number of cyclic esters (lactones) is 1. The highest BCUT2D eigenvalue weighted by atomic mass is 19.4. The molecule has 3 aromatic carbocycles. The van der Waals surface area contributed by atoms with E-state index < -0.39 is 41.8 Å². The molecule has 1 aliphatic heterocycles. The summed E-state index contributed by atoms with van der Waals surface area (Å²) >= 11 is 0. The molecule has 0 saturated carbocycles. The minimum absolute atomic E-state index is 0.0528. The van der Waals surface area contributed by atoms with E-state index in [1.807, 2.05) is 0 Å². The summed E-state index contributed by atoms with van der Waals surface area (Å²) < 4.78 is 65.2. The minimum Gasteiger partial charge on any atom is -0.462 e. The summed E-state index contributed by atoms with van der Waals surface area (Å²) in [5.74, 6) is -2.01. The van der Waals surface area contributed by atoms with Crippen molar-refractivity contribution in [2.75, 3.05) is 5.32 Å². The van der Waals surface area contributed by atoms with Gasteiger partial charge in [-0.1, -0.05) is 48.5 Å². The maximum atomic E-state index is 15.0. The van der Waals surface area contributed by atoms with Gasteiger partial charge in [-0.2, -0.15) is 13.2 Å². The Morgan fingerprint density at radius 1 is 0.951 bits per heavy atom. The molecule has 1 saturated heterocycles. The molecule has 1 aliphatic rings. The topological polar surface area (TPSA) is 80.6 Å². The van der Waals surface area contributed by atoms with Crippen molar-refractivity contribution in [2.45, 2.75) is 44.2 Å². The van der Waals surface area contributed by atoms with Crippen molar-refractivity contribution in [3.8, 4) is 22.4 Å². The maximum absolute atomic E-state index is 15.0. The predicted octanol–water partition coefficient (Wildman–Crippen LogP) is 6.69. The summed E-state index contributed by atoms with van der Waals surface area (Å²) in [6.07, 6.45) is -6.85. The zero-order valence-corrected chi connectivity index (χ0v) is 21.7. The van der Waals surface area contributed by atoms with Crippen molar-refractivity contribution in [3.05, 3.63) is 102 Å². The first kappa shape index (κ1) is 28.1. The van der Waals surface area contributed by atoms with E-state index in [4.69, 9.17) is 4.74 Å². The van der Waals surface area contributed by atoms with Gasteiger partial charge in [-0.15, -0.1) is 0 Å². The summed E-state index contributed by atoms with van der Waals surface area (Å²) in [7, 11) is 0. The SMILES string of the molecule is O=C1CC(O)CC(CCn2c(-c3ccc(F)cc3)c(C(=O)Nc3ccccc3)c(-c3ccccc3)c2C(F)(F)F)O1. The monoisotopic (exact) mass is 566 g/mol. The van der Waals surface area contributed by atoms with Gasteiger partial charge in [0, 0.05) is 30.6 Å². The first-order valence-corrected chi connectivity index (χ1v) is 13.0. The minimum atomic E-state index is -4.91. The van der Waals surface area contributed by atoms with Crippen LogP contribution in [0.5, 0.6) is 0 Å². The van der Waals surface area contributed by atoms with Gasteiger partial charge in [0.1, 0.15) is 17.6 Å². The molecule has 4 aromatic rings. The number of nitrogens with one attached hydrogen (secondary N) is 1. The molecule has 0 radical (unpaired) electrons. The Hall–Kier alpha value is -4.44. The number of aliphatic hydroxyl groups excluding tert-OH is 1. The van der Waals surface area contributed by atoms with Crippen LogP contribution in [-0.2, 0) is 22.3 Å². The number of amides is 1. The number of esters is 1. The van der Waals surface area contributed by atoms with Crippen LogP contribution >= 0.6 is 0 Å². The Morgan fingerprint density at radius 2 is 1.59 bits per heavy atom. The molecule has 6 nitrogen and oxygen atoms in total. The Bertz CT molecular complexity index is 1530. The van der Waals surface area contributed by atoms with Crippen molar-refractivity contribution >= 4 is 17.6 Å².